The van der Waals surface area contributed by atoms with Crippen LogP contribution in [0.3, 0.4) is 0 Å². The summed E-state index contributed by atoms with van der Waals surface area (Å²) in [5, 5.41) is 5.96. The molecule has 1 unspecified atom stereocenters. The standard InChI is InChI=1S/C13H19N3O/c1-13(2)6-9(13)7-16-12(17)10-4-5-15-8-11(10)14-3/h4-5,8-9,14H,6-7H2,1-3H3,(H,16,17). The molecule has 0 saturated heterocycles. The summed E-state index contributed by atoms with van der Waals surface area (Å²) in [5.74, 6) is 0.589. The summed E-state index contributed by atoms with van der Waals surface area (Å²) in [6.45, 7) is 5.22. The summed E-state index contributed by atoms with van der Waals surface area (Å²) in [4.78, 5) is 16.0. The largest absolute Gasteiger partial charge is 0.386 e. The normalized spacial score (nSPS) is 20.8. The van der Waals surface area contributed by atoms with Gasteiger partial charge in [0.25, 0.3) is 5.91 Å². The predicted octanol–water partition coefficient (Wildman–Crippen LogP) is 1.90. The average Bonchev–Trinajstić information content (AvgIpc) is 2.94. The molecule has 1 amide bonds. The van der Waals surface area contributed by atoms with Crippen LogP contribution in [0.4, 0.5) is 5.69 Å². The number of nitrogens with one attached hydrogen (secondary N) is 2. The Morgan fingerprint density at radius 2 is 2.29 bits per heavy atom. The molecule has 1 aromatic rings. The SMILES string of the molecule is CNc1cnccc1C(=O)NCC1CC1(C)C. The van der Waals surface area contributed by atoms with Crippen molar-refractivity contribution < 1.29 is 4.79 Å². The first-order valence-electron chi connectivity index (χ1n) is 5.94. The minimum Gasteiger partial charge on any atom is -0.386 e. The molecule has 1 heterocycles. The lowest BCUT2D eigenvalue weighted by Gasteiger charge is -2.09. The molecule has 2 rings (SSSR count). The summed E-state index contributed by atoms with van der Waals surface area (Å²) in [6.07, 6.45) is 4.50. The van der Waals surface area contributed by atoms with E-state index in [9.17, 15) is 4.79 Å². The molecule has 0 bridgehead atoms. The molecule has 1 fully saturated rings. The van der Waals surface area contributed by atoms with Gasteiger partial charge < -0.3 is 10.6 Å². The molecular formula is C13H19N3O. The van der Waals surface area contributed by atoms with Gasteiger partial charge in [-0.15, -0.1) is 0 Å². The van der Waals surface area contributed by atoms with Gasteiger partial charge in [0.05, 0.1) is 17.4 Å². The van der Waals surface area contributed by atoms with Gasteiger partial charge in [-0.25, -0.2) is 0 Å². The number of aromatic nitrogens is 1. The fourth-order valence-corrected chi connectivity index (χ4v) is 2.03. The Labute approximate surface area is 102 Å². The van der Waals surface area contributed by atoms with E-state index >= 15 is 0 Å². The third-order valence-corrected chi connectivity index (χ3v) is 3.56. The summed E-state index contributed by atoms with van der Waals surface area (Å²) >= 11 is 0. The first-order valence-corrected chi connectivity index (χ1v) is 5.94. The van der Waals surface area contributed by atoms with Crippen LogP contribution in [0.5, 0.6) is 0 Å². The minimum atomic E-state index is -0.0283. The molecule has 1 atom stereocenters. The molecule has 1 aliphatic rings. The predicted molar refractivity (Wildman–Crippen MR) is 68.0 cm³/mol. The molecule has 92 valence electrons. The van der Waals surface area contributed by atoms with E-state index in [2.05, 4.69) is 29.5 Å². The zero-order chi connectivity index (χ0) is 12.5. The highest BCUT2D eigenvalue weighted by Gasteiger charge is 2.45. The van der Waals surface area contributed by atoms with Crippen LogP contribution in [0, 0.1) is 11.3 Å². The van der Waals surface area contributed by atoms with Gasteiger partial charge in [0.15, 0.2) is 0 Å². The number of anilines is 1. The van der Waals surface area contributed by atoms with E-state index < -0.39 is 0 Å². The molecule has 4 heteroatoms. The molecule has 2 N–H and O–H groups in total. The molecule has 1 aromatic heterocycles. The topological polar surface area (TPSA) is 54.0 Å². The van der Waals surface area contributed by atoms with Gasteiger partial charge in [-0.3, -0.25) is 9.78 Å². The third-order valence-electron chi connectivity index (χ3n) is 3.56. The lowest BCUT2D eigenvalue weighted by molar-refractivity contribution is 0.0951. The van der Waals surface area contributed by atoms with Gasteiger partial charge in [-0.05, 0) is 23.8 Å². The van der Waals surface area contributed by atoms with E-state index in [1.54, 1.807) is 25.5 Å². The zero-order valence-electron chi connectivity index (χ0n) is 10.6. The van der Waals surface area contributed by atoms with Crippen molar-refractivity contribution in [3.8, 4) is 0 Å². The summed E-state index contributed by atoms with van der Waals surface area (Å²) < 4.78 is 0. The quantitative estimate of drug-likeness (QED) is 0.835. The number of amides is 1. The van der Waals surface area contributed by atoms with Crippen molar-refractivity contribution in [1.82, 2.24) is 10.3 Å². The van der Waals surface area contributed by atoms with Crippen molar-refractivity contribution in [1.29, 1.82) is 0 Å². The van der Waals surface area contributed by atoms with E-state index in [1.165, 1.54) is 6.42 Å². The summed E-state index contributed by atoms with van der Waals surface area (Å²) in [5.41, 5.74) is 1.82. The number of carbonyl (C=O) groups is 1. The van der Waals surface area contributed by atoms with Crippen LogP contribution in [-0.4, -0.2) is 24.5 Å². The van der Waals surface area contributed by atoms with Crippen LogP contribution in [-0.2, 0) is 0 Å². The third kappa shape index (κ3) is 2.57. The van der Waals surface area contributed by atoms with Crippen LogP contribution in [0.25, 0.3) is 0 Å². The Bertz CT molecular complexity index is 428. The molecule has 0 aliphatic heterocycles. The van der Waals surface area contributed by atoms with Gasteiger partial charge in [-0.2, -0.15) is 0 Å². The molecule has 17 heavy (non-hydrogen) atoms. The number of hydrogen-bond acceptors (Lipinski definition) is 3. The van der Waals surface area contributed by atoms with Gasteiger partial charge in [0.2, 0.25) is 0 Å². The fourth-order valence-electron chi connectivity index (χ4n) is 2.03. The first-order chi connectivity index (χ1) is 8.04. The Kier molecular flexibility index (Phi) is 3.05. The van der Waals surface area contributed by atoms with Crippen molar-refractivity contribution >= 4 is 11.6 Å². The second-order valence-corrected chi connectivity index (χ2v) is 5.27. The molecular weight excluding hydrogens is 214 g/mol. The van der Waals surface area contributed by atoms with E-state index in [4.69, 9.17) is 0 Å². The maximum absolute atomic E-state index is 12.0. The summed E-state index contributed by atoms with van der Waals surface area (Å²) in [6, 6.07) is 1.74. The van der Waals surface area contributed by atoms with Gasteiger partial charge in [0.1, 0.15) is 0 Å². The van der Waals surface area contributed by atoms with Gasteiger partial charge >= 0.3 is 0 Å². The van der Waals surface area contributed by atoms with Crippen molar-refractivity contribution in [3.05, 3.63) is 24.0 Å². The smallest absolute Gasteiger partial charge is 0.253 e. The molecule has 0 aromatic carbocycles. The van der Waals surface area contributed by atoms with Crippen LogP contribution >= 0.6 is 0 Å². The maximum atomic E-state index is 12.0. The number of pyridine rings is 1. The number of nitrogens with zero attached hydrogens (tertiary/aromatic N) is 1. The Morgan fingerprint density at radius 1 is 1.59 bits per heavy atom. The first kappa shape index (κ1) is 11.9. The second-order valence-electron chi connectivity index (χ2n) is 5.27. The van der Waals surface area contributed by atoms with E-state index in [1.807, 2.05) is 0 Å². The molecule has 4 nitrogen and oxygen atoms in total. The molecule has 0 spiro atoms. The van der Waals surface area contributed by atoms with Crippen LogP contribution in [0.2, 0.25) is 0 Å². The van der Waals surface area contributed by atoms with E-state index in [-0.39, 0.29) is 5.91 Å². The highest BCUT2D eigenvalue weighted by Crippen LogP contribution is 2.50. The average molecular weight is 233 g/mol. The lowest BCUT2D eigenvalue weighted by Crippen LogP contribution is -2.27. The Morgan fingerprint density at radius 3 is 2.88 bits per heavy atom. The zero-order valence-corrected chi connectivity index (χ0v) is 10.6. The van der Waals surface area contributed by atoms with Crippen molar-refractivity contribution in [2.45, 2.75) is 20.3 Å². The molecule has 0 radical (unpaired) electrons. The molecule has 1 saturated carbocycles. The van der Waals surface area contributed by atoms with Crippen molar-refractivity contribution in [2.75, 3.05) is 18.9 Å². The van der Waals surface area contributed by atoms with E-state index in [0.717, 1.165) is 12.2 Å². The lowest BCUT2D eigenvalue weighted by atomic mass is 10.1. The van der Waals surface area contributed by atoms with Crippen LogP contribution in [0.1, 0.15) is 30.6 Å². The molecule has 1 aliphatic carbocycles. The van der Waals surface area contributed by atoms with Crippen molar-refractivity contribution in [2.24, 2.45) is 11.3 Å². The van der Waals surface area contributed by atoms with Crippen molar-refractivity contribution in [3.63, 3.8) is 0 Å². The Hall–Kier alpha value is -1.58. The number of carbonyl (C=O) groups excluding carboxylic acids is 1. The Balaban J connectivity index is 1.95. The number of hydrogen-bond donors (Lipinski definition) is 2. The van der Waals surface area contributed by atoms with Gasteiger partial charge in [-0.1, -0.05) is 13.8 Å². The van der Waals surface area contributed by atoms with Gasteiger partial charge in [0, 0.05) is 19.8 Å². The fraction of sp³-hybridized carbons (Fsp3) is 0.538. The van der Waals surface area contributed by atoms with Crippen LogP contribution in [0.15, 0.2) is 18.5 Å². The summed E-state index contributed by atoms with van der Waals surface area (Å²) in [7, 11) is 1.79. The highest BCUT2D eigenvalue weighted by atomic mass is 16.1. The number of rotatable bonds is 4. The highest BCUT2D eigenvalue weighted by molar-refractivity contribution is 5.99. The van der Waals surface area contributed by atoms with E-state index in [0.29, 0.717) is 16.9 Å². The maximum Gasteiger partial charge on any atom is 0.253 e. The minimum absolute atomic E-state index is 0.0283. The monoisotopic (exact) mass is 233 g/mol. The van der Waals surface area contributed by atoms with Crippen LogP contribution < -0.4 is 10.6 Å². The second kappa shape index (κ2) is 4.35.